The summed E-state index contributed by atoms with van der Waals surface area (Å²) in [7, 11) is 0. The predicted molar refractivity (Wildman–Crippen MR) is 84.0 cm³/mol. The summed E-state index contributed by atoms with van der Waals surface area (Å²) in [5.41, 5.74) is 3.35. The number of aryl methyl sites for hydroxylation is 2. The molecule has 4 nitrogen and oxygen atoms in total. The average Bonchev–Trinajstić information content (AvgIpc) is 2.91. The standard InChI is InChI=1S/C17H23N3O/c1-5-16(15-8-6-12(2)7-9-15)19-17(21)14(4)20-13(3)10-11-18-20/h6-11,14,16H,5H2,1-4H3,(H,19,21). The molecule has 0 radical (unpaired) electrons. The molecule has 2 rings (SSSR count). The number of amides is 1. The van der Waals surface area contributed by atoms with Crippen LogP contribution in [0.25, 0.3) is 0 Å². The first-order valence-electron chi connectivity index (χ1n) is 7.40. The lowest BCUT2D eigenvalue weighted by Gasteiger charge is -2.21. The van der Waals surface area contributed by atoms with E-state index >= 15 is 0 Å². The van der Waals surface area contributed by atoms with Gasteiger partial charge in [0.2, 0.25) is 5.91 Å². The summed E-state index contributed by atoms with van der Waals surface area (Å²) in [6.07, 6.45) is 2.58. The van der Waals surface area contributed by atoms with Crippen LogP contribution in [0.3, 0.4) is 0 Å². The van der Waals surface area contributed by atoms with Crippen molar-refractivity contribution in [1.29, 1.82) is 0 Å². The van der Waals surface area contributed by atoms with Gasteiger partial charge in [-0.25, -0.2) is 0 Å². The zero-order chi connectivity index (χ0) is 15.4. The Morgan fingerprint density at radius 3 is 2.43 bits per heavy atom. The second-order valence-corrected chi connectivity index (χ2v) is 5.47. The lowest BCUT2D eigenvalue weighted by Crippen LogP contribution is -2.34. The molecule has 2 unspecified atom stereocenters. The Balaban J connectivity index is 2.09. The fourth-order valence-electron chi connectivity index (χ4n) is 2.41. The molecule has 0 bridgehead atoms. The van der Waals surface area contributed by atoms with Crippen molar-refractivity contribution >= 4 is 5.91 Å². The lowest BCUT2D eigenvalue weighted by atomic mass is 10.0. The molecule has 0 saturated carbocycles. The molecule has 4 heteroatoms. The minimum absolute atomic E-state index is 0.00535. The van der Waals surface area contributed by atoms with Crippen molar-refractivity contribution in [3.8, 4) is 0 Å². The van der Waals surface area contributed by atoms with Gasteiger partial charge in [-0.05, 0) is 38.8 Å². The van der Waals surface area contributed by atoms with E-state index in [9.17, 15) is 4.79 Å². The molecule has 1 aromatic carbocycles. The highest BCUT2D eigenvalue weighted by molar-refractivity contribution is 5.80. The summed E-state index contributed by atoms with van der Waals surface area (Å²) in [5.74, 6) is -0.00535. The molecule has 1 heterocycles. The monoisotopic (exact) mass is 285 g/mol. The van der Waals surface area contributed by atoms with E-state index in [0.717, 1.165) is 17.7 Å². The van der Waals surface area contributed by atoms with Crippen LogP contribution in [0.1, 0.15) is 49.2 Å². The third kappa shape index (κ3) is 3.51. The largest absolute Gasteiger partial charge is 0.347 e. The molecule has 0 spiro atoms. The average molecular weight is 285 g/mol. The number of nitrogens with one attached hydrogen (secondary N) is 1. The zero-order valence-corrected chi connectivity index (χ0v) is 13.1. The van der Waals surface area contributed by atoms with Gasteiger partial charge in [0.15, 0.2) is 0 Å². The molecule has 0 aliphatic heterocycles. The van der Waals surface area contributed by atoms with Crippen LogP contribution >= 0.6 is 0 Å². The molecule has 1 N–H and O–H groups in total. The Morgan fingerprint density at radius 1 is 1.24 bits per heavy atom. The second-order valence-electron chi connectivity index (χ2n) is 5.47. The van der Waals surface area contributed by atoms with Crippen LogP contribution in [0.5, 0.6) is 0 Å². The smallest absolute Gasteiger partial charge is 0.245 e. The van der Waals surface area contributed by atoms with E-state index in [1.807, 2.05) is 19.9 Å². The predicted octanol–water partition coefficient (Wildman–Crippen LogP) is 3.33. The van der Waals surface area contributed by atoms with Crippen molar-refractivity contribution in [2.75, 3.05) is 0 Å². The Kier molecular flexibility index (Phi) is 4.78. The van der Waals surface area contributed by atoms with Gasteiger partial charge in [-0.2, -0.15) is 5.10 Å². The maximum atomic E-state index is 12.4. The number of carbonyl (C=O) groups is 1. The maximum Gasteiger partial charge on any atom is 0.245 e. The molecular weight excluding hydrogens is 262 g/mol. The molecule has 2 atom stereocenters. The van der Waals surface area contributed by atoms with E-state index in [1.54, 1.807) is 10.9 Å². The molecule has 0 fully saturated rings. The fourth-order valence-corrected chi connectivity index (χ4v) is 2.41. The van der Waals surface area contributed by atoms with Gasteiger partial charge in [-0.3, -0.25) is 9.48 Å². The topological polar surface area (TPSA) is 46.9 Å². The maximum absolute atomic E-state index is 12.4. The molecule has 0 aliphatic carbocycles. The number of nitrogens with zero attached hydrogens (tertiary/aromatic N) is 2. The number of aromatic nitrogens is 2. The molecule has 1 aromatic heterocycles. The van der Waals surface area contributed by atoms with Crippen LogP contribution in [-0.2, 0) is 4.79 Å². The van der Waals surface area contributed by atoms with Gasteiger partial charge in [0, 0.05) is 11.9 Å². The van der Waals surface area contributed by atoms with Crippen molar-refractivity contribution in [1.82, 2.24) is 15.1 Å². The third-order valence-corrected chi connectivity index (χ3v) is 3.82. The second kappa shape index (κ2) is 6.57. The summed E-state index contributed by atoms with van der Waals surface area (Å²) in [4.78, 5) is 12.4. The van der Waals surface area contributed by atoms with E-state index in [2.05, 4.69) is 48.5 Å². The molecule has 2 aromatic rings. The van der Waals surface area contributed by atoms with Crippen LogP contribution in [-0.4, -0.2) is 15.7 Å². The molecule has 112 valence electrons. The minimum Gasteiger partial charge on any atom is -0.347 e. The Bertz CT molecular complexity index is 601. The Hall–Kier alpha value is -2.10. The summed E-state index contributed by atoms with van der Waals surface area (Å²) in [6, 6.07) is 9.94. The van der Waals surface area contributed by atoms with E-state index in [4.69, 9.17) is 0 Å². The molecular formula is C17H23N3O. The fraction of sp³-hybridized carbons (Fsp3) is 0.412. The van der Waals surface area contributed by atoms with E-state index in [0.29, 0.717) is 0 Å². The highest BCUT2D eigenvalue weighted by Crippen LogP contribution is 2.19. The van der Waals surface area contributed by atoms with E-state index in [1.165, 1.54) is 5.56 Å². The number of carbonyl (C=O) groups excluding carboxylic acids is 1. The Labute approximate surface area is 126 Å². The molecule has 0 saturated heterocycles. The normalized spacial score (nSPS) is 13.7. The first kappa shape index (κ1) is 15.3. The van der Waals surface area contributed by atoms with E-state index < -0.39 is 0 Å². The zero-order valence-electron chi connectivity index (χ0n) is 13.1. The van der Waals surface area contributed by atoms with Crippen molar-refractivity contribution in [3.63, 3.8) is 0 Å². The third-order valence-electron chi connectivity index (χ3n) is 3.82. The van der Waals surface area contributed by atoms with Crippen molar-refractivity contribution in [2.24, 2.45) is 0 Å². The summed E-state index contributed by atoms with van der Waals surface area (Å²) in [6.45, 7) is 7.96. The van der Waals surface area contributed by atoms with Crippen molar-refractivity contribution < 1.29 is 4.79 Å². The van der Waals surface area contributed by atoms with Gasteiger partial charge < -0.3 is 5.32 Å². The van der Waals surface area contributed by atoms with Crippen LogP contribution in [0.2, 0.25) is 0 Å². The number of hydrogen-bond donors (Lipinski definition) is 1. The summed E-state index contributed by atoms with van der Waals surface area (Å²) in [5, 5.41) is 7.33. The van der Waals surface area contributed by atoms with Gasteiger partial charge in [-0.15, -0.1) is 0 Å². The summed E-state index contributed by atoms with van der Waals surface area (Å²) < 4.78 is 1.75. The quantitative estimate of drug-likeness (QED) is 0.916. The van der Waals surface area contributed by atoms with Crippen LogP contribution < -0.4 is 5.32 Å². The Morgan fingerprint density at radius 2 is 1.90 bits per heavy atom. The van der Waals surface area contributed by atoms with Crippen LogP contribution in [0, 0.1) is 13.8 Å². The minimum atomic E-state index is -0.306. The number of benzene rings is 1. The van der Waals surface area contributed by atoms with Crippen LogP contribution in [0.4, 0.5) is 0 Å². The lowest BCUT2D eigenvalue weighted by molar-refractivity contribution is -0.125. The highest BCUT2D eigenvalue weighted by Gasteiger charge is 2.20. The molecule has 21 heavy (non-hydrogen) atoms. The number of hydrogen-bond acceptors (Lipinski definition) is 2. The van der Waals surface area contributed by atoms with Gasteiger partial charge in [-0.1, -0.05) is 36.8 Å². The van der Waals surface area contributed by atoms with Gasteiger partial charge >= 0.3 is 0 Å². The summed E-state index contributed by atoms with van der Waals surface area (Å²) >= 11 is 0. The number of rotatable bonds is 5. The van der Waals surface area contributed by atoms with E-state index in [-0.39, 0.29) is 18.0 Å². The van der Waals surface area contributed by atoms with Crippen LogP contribution in [0.15, 0.2) is 36.5 Å². The van der Waals surface area contributed by atoms with Crippen molar-refractivity contribution in [3.05, 3.63) is 53.3 Å². The first-order valence-corrected chi connectivity index (χ1v) is 7.40. The van der Waals surface area contributed by atoms with Gasteiger partial charge in [0.05, 0.1) is 6.04 Å². The van der Waals surface area contributed by atoms with Crippen molar-refractivity contribution in [2.45, 2.75) is 46.2 Å². The van der Waals surface area contributed by atoms with Gasteiger partial charge in [0.1, 0.15) is 6.04 Å². The SMILES string of the molecule is CCC(NC(=O)C(C)n1nccc1C)c1ccc(C)cc1. The highest BCUT2D eigenvalue weighted by atomic mass is 16.2. The van der Waals surface area contributed by atoms with Gasteiger partial charge in [0.25, 0.3) is 0 Å². The molecule has 1 amide bonds. The first-order chi connectivity index (χ1) is 10.0. The molecule has 0 aliphatic rings.